The third-order valence-electron chi connectivity index (χ3n) is 4.25. The predicted molar refractivity (Wildman–Crippen MR) is 81.7 cm³/mol. The third-order valence-corrected chi connectivity index (χ3v) is 4.25. The van der Waals surface area contributed by atoms with Crippen molar-refractivity contribution in [3.8, 4) is 0 Å². The van der Waals surface area contributed by atoms with Crippen molar-refractivity contribution >= 4 is 0 Å². The van der Waals surface area contributed by atoms with Crippen LogP contribution >= 0.6 is 0 Å². The highest BCUT2D eigenvalue weighted by Crippen LogP contribution is 2.30. The molecule has 1 unspecified atom stereocenters. The molecular formula is C17H23N3. The summed E-state index contributed by atoms with van der Waals surface area (Å²) in [6.07, 6.45) is 6.49. The number of H-pyrrole nitrogens is 1. The van der Waals surface area contributed by atoms with Crippen LogP contribution in [0.3, 0.4) is 0 Å². The summed E-state index contributed by atoms with van der Waals surface area (Å²) < 4.78 is 0. The predicted octanol–water partition coefficient (Wildman–Crippen LogP) is 3.35. The number of rotatable bonds is 5. The van der Waals surface area contributed by atoms with Gasteiger partial charge in [0.15, 0.2) is 0 Å². The van der Waals surface area contributed by atoms with Crippen LogP contribution in [0.5, 0.6) is 0 Å². The second-order valence-corrected chi connectivity index (χ2v) is 5.59. The number of aromatic amines is 1. The summed E-state index contributed by atoms with van der Waals surface area (Å²) in [4.78, 5) is 10.5. The Bertz CT molecular complexity index is 532. The SMILES string of the molecule is CCCC1c2nc[nH]c2CCN1CCc1ccccc1. The van der Waals surface area contributed by atoms with E-state index in [1.165, 1.54) is 29.8 Å². The van der Waals surface area contributed by atoms with Crippen LogP contribution in [0.1, 0.15) is 42.8 Å². The first-order valence-electron chi connectivity index (χ1n) is 7.68. The number of nitrogens with one attached hydrogen (secondary N) is 1. The second-order valence-electron chi connectivity index (χ2n) is 5.59. The number of imidazole rings is 1. The zero-order chi connectivity index (χ0) is 13.8. The van der Waals surface area contributed by atoms with Crippen LogP contribution in [0.25, 0.3) is 0 Å². The molecule has 1 aromatic carbocycles. The fraction of sp³-hybridized carbons (Fsp3) is 0.471. The zero-order valence-electron chi connectivity index (χ0n) is 12.2. The Labute approximate surface area is 121 Å². The molecular weight excluding hydrogens is 246 g/mol. The van der Waals surface area contributed by atoms with Gasteiger partial charge in [-0.05, 0) is 18.4 Å². The largest absolute Gasteiger partial charge is 0.348 e. The first-order chi connectivity index (χ1) is 9.88. The van der Waals surface area contributed by atoms with E-state index in [4.69, 9.17) is 0 Å². The molecule has 1 aromatic heterocycles. The number of benzene rings is 1. The Morgan fingerprint density at radius 3 is 2.95 bits per heavy atom. The molecule has 0 fully saturated rings. The standard InChI is InChI=1S/C17H23N3/c1-2-6-16-17-15(18-13-19-17)10-12-20(16)11-9-14-7-4-3-5-8-14/h3-5,7-8,13,16H,2,6,9-12H2,1H3,(H,18,19). The van der Waals surface area contributed by atoms with Crippen molar-refractivity contribution in [2.75, 3.05) is 13.1 Å². The quantitative estimate of drug-likeness (QED) is 0.902. The molecule has 2 heterocycles. The fourth-order valence-electron chi connectivity index (χ4n) is 3.18. The van der Waals surface area contributed by atoms with Gasteiger partial charge in [-0.3, -0.25) is 4.90 Å². The molecule has 0 spiro atoms. The molecule has 3 rings (SSSR count). The summed E-state index contributed by atoms with van der Waals surface area (Å²) in [5, 5.41) is 0. The summed E-state index contributed by atoms with van der Waals surface area (Å²) in [5.41, 5.74) is 4.06. The smallest absolute Gasteiger partial charge is 0.0925 e. The zero-order valence-corrected chi connectivity index (χ0v) is 12.2. The normalized spacial score (nSPS) is 18.9. The molecule has 3 heteroatoms. The monoisotopic (exact) mass is 269 g/mol. The van der Waals surface area contributed by atoms with Crippen LogP contribution in [0, 0.1) is 0 Å². The lowest BCUT2D eigenvalue weighted by atomic mass is 9.98. The van der Waals surface area contributed by atoms with Gasteiger partial charge in [-0.25, -0.2) is 4.98 Å². The van der Waals surface area contributed by atoms with Crippen molar-refractivity contribution in [2.24, 2.45) is 0 Å². The Morgan fingerprint density at radius 2 is 2.15 bits per heavy atom. The Hall–Kier alpha value is -1.61. The van der Waals surface area contributed by atoms with Gasteiger partial charge in [-0.1, -0.05) is 43.7 Å². The van der Waals surface area contributed by atoms with Gasteiger partial charge in [0.2, 0.25) is 0 Å². The maximum Gasteiger partial charge on any atom is 0.0925 e. The van der Waals surface area contributed by atoms with Crippen LogP contribution in [-0.4, -0.2) is 28.0 Å². The van der Waals surface area contributed by atoms with E-state index in [9.17, 15) is 0 Å². The molecule has 1 N–H and O–H groups in total. The van der Waals surface area contributed by atoms with E-state index in [-0.39, 0.29) is 0 Å². The molecule has 106 valence electrons. The average Bonchev–Trinajstić information content (AvgIpc) is 2.96. The molecule has 0 bridgehead atoms. The minimum atomic E-state index is 0.499. The van der Waals surface area contributed by atoms with Crippen LogP contribution in [-0.2, 0) is 12.8 Å². The van der Waals surface area contributed by atoms with E-state index in [2.05, 4.69) is 52.1 Å². The summed E-state index contributed by atoms with van der Waals surface area (Å²) >= 11 is 0. The number of nitrogens with zero attached hydrogens (tertiary/aromatic N) is 2. The summed E-state index contributed by atoms with van der Waals surface area (Å²) in [7, 11) is 0. The fourth-order valence-corrected chi connectivity index (χ4v) is 3.18. The van der Waals surface area contributed by atoms with Crippen molar-refractivity contribution in [3.05, 3.63) is 53.6 Å². The van der Waals surface area contributed by atoms with E-state index in [1.807, 2.05) is 6.33 Å². The molecule has 1 aliphatic rings. The van der Waals surface area contributed by atoms with Crippen molar-refractivity contribution in [2.45, 2.75) is 38.6 Å². The molecule has 0 amide bonds. The summed E-state index contributed by atoms with van der Waals surface area (Å²) in [6.45, 7) is 4.53. The first-order valence-corrected chi connectivity index (χ1v) is 7.68. The van der Waals surface area contributed by atoms with Gasteiger partial charge in [0.25, 0.3) is 0 Å². The number of hydrogen-bond acceptors (Lipinski definition) is 2. The van der Waals surface area contributed by atoms with Gasteiger partial charge in [0, 0.05) is 25.2 Å². The Balaban J connectivity index is 1.69. The van der Waals surface area contributed by atoms with E-state index in [1.54, 1.807) is 0 Å². The van der Waals surface area contributed by atoms with Crippen LogP contribution in [0.15, 0.2) is 36.7 Å². The van der Waals surface area contributed by atoms with E-state index < -0.39 is 0 Å². The molecule has 20 heavy (non-hydrogen) atoms. The minimum Gasteiger partial charge on any atom is -0.348 e. The minimum absolute atomic E-state index is 0.499. The van der Waals surface area contributed by atoms with Gasteiger partial charge in [-0.15, -0.1) is 0 Å². The summed E-state index contributed by atoms with van der Waals surface area (Å²) in [6, 6.07) is 11.3. The van der Waals surface area contributed by atoms with Crippen molar-refractivity contribution in [1.82, 2.24) is 14.9 Å². The van der Waals surface area contributed by atoms with Crippen LogP contribution in [0.4, 0.5) is 0 Å². The maximum atomic E-state index is 4.56. The van der Waals surface area contributed by atoms with Crippen molar-refractivity contribution < 1.29 is 0 Å². The number of hydrogen-bond donors (Lipinski definition) is 1. The lowest BCUT2D eigenvalue weighted by Crippen LogP contribution is -2.37. The Kier molecular flexibility index (Phi) is 4.16. The lowest BCUT2D eigenvalue weighted by molar-refractivity contribution is 0.172. The Morgan fingerprint density at radius 1 is 1.30 bits per heavy atom. The molecule has 1 atom stereocenters. The van der Waals surface area contributed by atoms with Gasteiger partial charge in [0.05, 0.1) is 18.1 Å². The highest BCUT2D eigenvalue weighted by atomic mass is 15.2. The summed E-state index contributed by atoms with van der Waals surface area (Å²) in [5.74, 6) is 0. The van der Waals surface area contributed by atoms with Gasteiger partial charge in [0.1, 0.15) is 0 Å². The number of fused-ring (bicyclic) bond motifs is 1. The third kappa shape index (κ3) is 2.78. The van der Waals surface area contributed by atoms with Gasteiger partial charge >= 0.3 is 0 Å². The second kappa shape index (κ2) is 6.23. The lowest BCUT2D eigenvalue weighted by Gasteiger charge is -2.34. The highest BCUT2D eigenvalue weighted by molar-refractivity contribution is 5.20. The molecule has 0 saturated carbocycles. The average molecular weight is 269 g/mol. The molecule has 2 aromatic rings. The van der Waals surface area contributed by atoms with E-state index in [0.29, 0.717) is 6.04 Å². The van der Waals surface area contributed by atoms with Crippen LogP contribution in [0.2, 0.25) is 0 Å². The maximum absolute atomic E-state index is 4.56. The number of aromatic nitrogens is 2. The van der Waals surface area contributed by atoms with E-state index in [0.717, 1.165) is 25.9 Å². The molecule has 0 radical (unpaired) electrons. The van der Waals surface area contributed by atoms with Crippen molar-refractivity contribution in [3.63, 3.8) is 0 Å². The topological polar surface area (TPSA) is 31.9 Å². The molecule has 1 aliphatic heterocycles. The van der Waals surface area contributed by atoms with Crippen molar-refractivity contribution in [1.29, 1.82) is 0 Å². The molecule has 0 saturated heterocycles. The first kappa shape index (κ1) is 13.4. The molecule has 3 nitrogen and oxygen atoms in total. The van der Waals surface area contributed by atoms with Gasteiger partial charge < -0.3 is 4.98 Å². The van der Waals surface area contributed by atoms with Gasteiger partial charge in [-0.2, -0.15) is 0 Å². The molecule has 0 aliphatic carbocycles. The van der Waals surface area contributed by atoms with E-state index >= 15 is 0 Å². The highest BCUT2D eigenvalue weighted by Gasteiger charge is 2.28. The van der Waals surface area contributed by atoms with Crippen LogP contribution < -0.4 is 0 Å².